The van der Waals surface area contributed by atoms with Crippen LogP contribution >= 0.6 is 0 Å². The zero-order valence-electron chi connectivity index (χ0n) is 17.6. The Balaban J connectivity index is 1.63. The van der Waals surface area contributed by atoms with E-state index in [-0.39, 0.29) is 0 Å². The smallest absolute Gasteiger partial charge is 0.0178 e. The van der Waals surface area contributed by atoms with Gasteiger partial charge in [0, 0.05) is 0 Å². The lowest BCUT2D eigenvalue weighted by Gasteiger charge is -2.13. The highest BCUT2D eigenvalue weighted by Crippen LogP contribution is 2.31. The van der Waals surface area contributed by atoms with E-state index in [9.17, 15) is 0 Å². The van der Waals surface area contributed by atoms with Crippen LogP contribution in [0.2, 0.25) is 0 Å². The van der Waals surface area contributed by atoms with Crippen LogP contribution in [0.1, 0.15) is 25.0 Å². The van der Waals surface area contributed by atoms with E-state index in [0.29, 0.717) is 0 Å². The van der Waals surface area contributed by atoms with Crippen molar-refractivity contribution < 1.29 is 0 Å². The number of hydrogen-bond acceptors (Lipinski definition) is 0. The summed E-state index contributed by atoms with van der Waals surface area (Å²) >= 11 is 0. The first-order chi connectivity index (χ1) is 14.6. The molecule has 0 atom stereocenters. The summed E-state index contributed by atoms with van der Waals surface area (Å²) in [5.74, 6) is 0. The molecule has 0 aromatic heterocycles. The van der Waals surface area contributed by atoms with E-state index in [1.165, 1.54) is 44.5 Å². The van der Waals surface area contributed by atoms with Gasteiger partial charge in [-0.15, -0.1) is 0 Å². The van der Waals surface area contributed by atoms with Crippen LogP contribution in [0.4, 0.5) is 0 Å². The average Bonchev–Trinajstić information content (AvgIpc) is 2.84. The second-order valence-electron chi connectivity index (χ2n) is 7.62. The molecule has 0 heterocycles. The van der Waals surface area contributed by atoms with Gasteiger partial charge < -0.3 is 0 Å². The van der Waals surface area contributed by atoms with Gasteiger partial charge in [-0.2, -0.15) is 0 Å². The van der Waals surface area contributed by atoms with E-state index in [1.807, 2.05) is 12.1 Å². The van der Waals surface area contributed by atoms with Crippen molar-refractivity contribution in [3.05, 3.63) is 132 Å². The molecule has 30 heavy (non-hydrogen) atoms. The van der Waals surface area contributed by atoms with Crippen molar-refractivity contribution in [1.29, 1.82) is 0 Å². The molecular formula is C30H26. The van der Waals surface area contributed by atoms with E-state index in [4.69, 9.17) is 0 Å². The predicted octanol–water partition coefficient (Wildman–Crippen LogP) is 8.53. The zero-order valence-corrected chi connectivity index (χ0v) is 17.6. The van der Waals surface area contributed by atoms with E-state index in [1.54, 1.807) is 0 Å². The zero-order chi connectivity index (χ0) is 20.9. The monoisotopic (exact) mass is 386 g/mol. The van der Waals surface area contributed by atoms with Crippen LogP contribution in [0.5, 0.6) is 0 Å². The van der Waals surface area contributed by atoms with E-state index >= 15 is 0 Å². The fourth-order valence-electron chi connectivity index (χ4n) is 3.72. The Bertz CT molecular complexity index is 1180. The molecule has 4 aromatic rings. The van der Waals surface area contributed by atoms with E-state index in [0.717, 1.165) is 5.57 Å². The molecule has 0 aliphatic rings. The van der Waals surface area contributed by atoms with E-state index in [2.05, 4.69) is 117 Å². The molecule has 0 radical (unpaired) electrons. The van der Waals surface area contributed by atoms with Crippen LogP contribution in [0.25, 0.3) is 33.4 Å². The SMILES string of the molecule is C=C(/C(C)=C(\C)c1cccc(-c2ccc(-c3ccccc3)cc2)c1)c1ccccc1. The average molecular weight is 387 g/mol. The van der Waals surface area contributed by atoms with Gasteiger partial charge in [-0.1, -0.05) is 110 Å². The van der Waals surface area contributed by atoms with Crippen molar-refractivity contribution in [2.45, 2.75) is 13.8 Å². The van der Waals surface area contributed by atoms with E-state index < -0.39 is 0 Å². The molecule has 4 aromatic carbocycles. The quantitative estimate of drug-likeness (QED) is 0.301. The third-order valence-electron chi connectivity index (χ3n) is 5.76. The van der Waals surface area contributed by atoms with Crippen molar-refractivity contribution in [3.63, 3.8) is 0 Å². The van der Waals surface area contributed by atoms with Crippen LogP contribution in [-0.2, 0) is 0 Å². The number of rotatable bonds is 5. The molecule has 0 aliphatic heterocycles. The Hall–Kier alpha value is -3.64. The molecule has 0 saturated carbocycles. The Morgan fingerprint density at radius 1 is 0.500 bits per heavy atom. The van der Waals surface area contributed by atoms with Gasteiger partial charge >= 0.3 is 0 Å². The second kappa shape index (κ2) is 8.80. The largest absolute Gasteiger partial charge is 0.0909 e. The van der Waals surface area contributed by atoms with Gasteiger partial charge in [0.05, 0.1) is 0 Å². The molecule has 4 rings (SSSR count). The molecule has 146 valence electrons. The first-order valence-electron chi connectivity index (χ1n) is 10.3. The summed E-state index contributed by atoms with van der Waals surface area (Å²) in [6, 6.07) is 38.4. The minimum Gasteiger partial charge on any atom is -0.0909 e. The fourth-order valence-corrected chi connectivity index (χ4v) is 3.72. The molecule has 0 saturated heterocycles. The summed E-state index contributed by atoms with van der Waals surface area (Å²) in [6.45, 7) is 8.67. The lowest BCUT2D eigenvalue weighted by Crippen LogP contribution is -1.90. The molecule has 0 spiro atoms. The van der Waals surface area contributed by atoms with Crippen molar-refractivity contribution in [2.24, 2.45) is 0 Å². The third-order valence-corrected chi connectivity index (χ3v) is 5.76. The fraction of sp³-hybridized carbons (Fsp3) is 0.0667. The van der Waals surface area contributed by atoms with Crippen LogP contribution in [0.3, 0.4) is 0 Å². The maximum absolute atomic E-state index is 4.33. The summed E-state index contributed by atoms with van der Waals surface area (Å²) in [5, 5.41) is 0. The van der Waals surface area contributed by atoms with Gasteiger partial charge in [0.15, 0.2) is 0 Å². The van der Waals surface area contributed by atoms with Gasteiger partial charge in [-0.05, 0) is 70.0 Å². The van der Waals surface area contributed by atoms with Gasteiger partial charge in [0.1, 0.15) is 0 Å². The van der Waals surface area contributed by atoms with Gasteiger partial charge in [-0.25, -0.2) is 0 Å². The maximum Gasteiger partial charge on any atom is -0.0178 e. The molecular weight excluding hydrogens is 360 g/mol. The van der Waals surface area contributed by atoms with Gasteiger partial charge in [-0.3, -0.25) is 0 Å². The summed E-state index contributed by atoms with van der Waals surface area (Å²) in [4.78, 5) is 0. The van der Waals surface area contributed by atoms with Gasteiger partial charge in [0.25, 0.3) is 0 Å². The molecule has 0 N–H and O–H groups in total. The third kappa shape index (κ3) is 4.18. The lowest BCUT2D eigenvalue weighted by molar-refractivity contribution is 1.45. The second-order valence-corrected chi connectivity index (χ2v) is 7.62. The standard InChI is InChI=1S/C30H26/c1-22(23(2)25-11-6-4-7-12-25)24(3)29-15-10-16-30(21-29)28-19-17-27(18-20-28)26-13-8-5-9-14-26/h4-21H,2H2,1,3H3/b24-22+. The highest BCUT2D eigenvalue weighted by molar-refractivity contribution is 5.88. The molecule has 0 heteroatoms. The maximum atomic E-state index is 4.33. The Morgan fingerprint density at radius 3 is 1.60 bits per heavy atom. The Labute approximate surface area is 179 Å². The molecule has 0 amide bonds. The van der Waals surface area contributed by atoms with Crippen LogP contribution in [0.15, 0.2) is 121 Å². The molecule has 0 bridgehead atoms. The van der Waals surface area contributed by atoms with Crippen molar-refractivity contribution >= 4 is 11.1 Å². The highest BCUT2D eigenvalue weighted by atomic mass is 14.1. The summed E-state index contributed by atoms with van der Waals surface area (Å²) in [7, 11) is 0. The van der Waals surface area contributed by atoms with Gasteiger partial charge in [0.2, 0.25) is 0 Å². The van der Waals surface area contributed by atoms with Crippen molar-refractivity contribution in [2.75, 3.05) is 0 Å². The molecule has 0 aliphatic carbocycles. The van der Waals surface area contributed by atoms with Crippen molar-refractivity contribution in [1.82, 2.24) is 0 Å². The first kappa shape index (κ1) is 19.7. The normalized spacial score (nSPS) is 11.7. The minimum atomic E-state index is 1.07. The first-order valence-corrected chi connectivity index (χ1v) is 10.3. The van der Waals surface area contributed by atoms with Crippen LogP contribution in [-0.4, -0.2) is 0 Å². The topological polar surface area (TPSA) is 0 Å². The Morgan fingerprint density at radius 2 is 0.967 bits per heavy atom. The molecule has 0 fully saturated rings. The number of allylic oxidation sites excluding steroid dienone is 3. The van der Waals surface area contributed by atoms with Crippen LogP contribution < -0.4 is 0 Å². The number of hydrogen-bond donors (Lipinski definition) is 0. The predicted molar refractivity (Wildman–Crippen MR) is 131 cm³/mol. The minimum absolute atomic E-state index is 1.07. The van der Waals surface area contributed by atoms with Crippen LogP contribution in [0, 0.1) is 0 Å². The molecule has 0 nitrogen and oxygen atoms in total. The lowest BCUT2D eigenvalue weighted by atomic mass is 9.92. The number of benzene rings is 4. The van der Waals surface area contributed by atoms with Crippen molar-refractivity contribution in [3.8, 4) is 22.3 Å². The highest BCUT2D eigenvalue weighted by Gasteiger charge is 2.08. The summed E-state index contributed by atoms with van der Waals surface area (Å²) < 4.78 is 0. The summed E-state index contributed by atoms with van der Waals surface area (Å²) in [5.41, 5.74) is 10.9. The Kier molecular flexibility index (Phi) is 5.77. The molecule has 0 unspecified atom stereocenters. The summed E-state index contributed by atoms with van der Waals surface area (Å²) in [6.07, 6.45) is 0.